The molecule has 4 aromatic rings. The fourth-order valence-corrected chi connectivity index (χ4v) is 3.82. The fraction of sp³-hybridized carbons (Fsp3) is 0.179. The Balaban J connectivity index is 1.56. The van der Waals surface area contributed by atoms with Gasteiger partial charge in [0, 0.05) is 25.0 Å². The van der Waals surface area contributed by atoms with Crippen LogP contribution in [0.1, 0.15) is 23.7 Å². The first-order valence-electron chi connectivity index (χ1n) is 11.3. The number of hydrogen-bond acceptors (Lipinski definition) is 2. The van der Waals surface area contributed by atoms with Gasteiger partial charge >= 0.3 is 6.03 Å². The van der Waals surface area contributed by atoms with Crippen molar-refractivity contribution in [2.24, 2.45) is 0 Å². The van der Waals surface area contributed by atoms with Crippen LogP contribution in [-0.4, -0.2) is 22.1 Å². The van der Waals surface area contributed by atoms with E-state index in [0.717, 1.165) is 16.8 Å². The van der Waals surface area contributed by atoms with Crippen molar-refractivity contribution in [3.8, 4) is 5.75 Å². The van der Waals surface area contributed by atoms with E-state index in [1.807, 2.05) is 90.5 Å². The third-order valence-electron chi connectivity index (χ3n) is 5.45. The van der Waals surface area contributed by atoms with Crippen LogP contribution in [0.4, 0.5) is 14.9 Å². The first-order chi connectivity index (χ1) is 16.6. The molecule has 0 radical (unpaired) electrons. The van der Waals surface area contributed by atoms with Crippen LogP contribution < -0.4 is 10.1 Å². The highest BCUT2D eigenvalue weighted by Gasteiger charge is 2.18. The number of benzene rings is 3. The largest absolute Gasteiger partial charge is 0.492 e. The molecule has 0 spiro atoms. The van der Waals surface area contributed by atoms with Gasteiger partial charge in [-0.05, 0) is 54.4 Å². The zero-order valence-electron chi connectivity index (χ0n) is 19.2. The average Bonchev–Trinajstić information content (AvgIpc) is 3.27. The molecule has 1 heterocycles. The Morgan fingerprint density at radius 3 is 2.47 bits per heavy atom. The Bertz CT molecular complexity index is 1220. The smallest absolute Gasteiger partial charge is 0.322 e. The van der Waals surface area contributed by atoms with Gasteiger partial charge in [0.25, 0.3) is 0 Å². The number of carbonyl (C=O) groups is 1. The van der Waals surface area contributed by atoms with Gasteiger partial charge in [-0.1, -0.05) is 54.6 Å². The van der Waals surface area contributed by atoms with Crippen molar-refractivity contribution in [2.75, 3.05) is 11.9 Å². The molecule has 0 unspecified atom stereocenters. The SMILES string of the molecule is CCOc1ccccc1NC(=O)N(Cc1ccccc1)Cc1cccn1Cc1cccc(F)c1. The first kappa shape index (κ1) is 23.1. The molecule has 0 saturated carbocycles. The number of hydrogen-bond donors (Lipinski definition) is 1. The number of nitrogens with one attached hydrogen (secondary N) is 1. The van der Waals surface area contributed by atoms with Crippen molar-refractivity contribution in [1.82, 2.24) is 9.47 Å². The predicted octanol–water partition coefficient (Wildman–Crippen LogP) is 6.31. The van der Waals surface area contributed by atoms with Crippen LogP contribution in [0.3, 0.4) is 0 Å². The van der Waals surface area contributed by atoms with E-state index >= 15 is 0 Å². The van der Waals surface area contributed by atoms with Crippen LogP contribution in [-0.2, 0) is 19.6 Å². The van der Waals surface area contributed by atoms with Crippen molar-refractivity contribution >= 4 is 11.7 Å². The van der Waals surface area contributed by atoms with Gasteiger partial charge < -0.3 is 19.5 Å². The average molecular weight is 458 g/mol. The lowest BCUT2D eigenvalue weighted by atomic mass is 10.2. The number of urea groups is 1. The summed E-state index contributed by atoms with van der Waals surface area (Å²) in [5.41, 5.74) is 3.47. The molecule has 0 atom stereocenters. The van der Waals surface area contributed by atoms with Gasteiger partial charge in [0.15, 0.2) is 0 Å². The number of rotatable bonds is 9. The maximum absolute atomic E-state index is 13.7. The molecule has 0 fully saturated rings. The number of carbonyl (C=O) groups excluding carboxylic acids is 1. The van der Waals surface area contributed by atoms with Crippen molar-refractivity contribution < 1.29 is 13.9 Å². The quantitative estimate of drug-likeness (QED) is 0.320. The van der Waals surface area contributed by atoms with Gasteiger partial charge in [0.2, 0.25) is 0 Å². The standard InChI is InChI=1S/C28H28FN3O2/c1-2-34-27-16-7-6-15-26(27)30-28(33)32(19-22-10-4-3-5-11-22)21-25-14-9-17-31(25)20-23-12-8-13-24(29)18-23/h3-18H,2,19-21H2,1H3,(H,30,33). The molecular weight excluding hydrogens is 429 g/mol. The molecule has 34 heavy (non-hydrogen) atoms. The van der Waals surface area contributed by atoms with Crippen LogP contribution in [0.25, 0.3) is 0 Å². The summed E-state index contributed by atoms with van der Waals surface area (Å²) in [6, 6.07) is 27.6. The number of aromatic nitrogens is 1. The summed E-state index contributed by atoms with van der Waals surface area (Å²) < 4.78 is 21.4. The number of anilines is 1. The topological polar surface area (TPSA) is 46.5 Å². The molecule has 1 N–H and O–H groups in total. The van der Waals surface area contributed by atoms with Gasteiger partial charge in [-0.25, -0.2) is 9.18 Å². The second-order valence-corrected chi connectivity index (χ2v) is 7.96. The lowest BCUT2D eigenvalue weighted by molar-refractivity contribution is 0.205. The molecule has 4 rings (SSSR count). The monoisotopic (exact) mass is 457 g/mol. The maximum atomic E-state index is 13.7. The minimum Gasteiger partial charge on any atom is -0.492 e. The number of nitrogens with zero attached hydrogens (tertiary/aromatic N) is 2. The Kier molecular flexibility index (Phi) is 7.60. The second kappa shape index (κ2) is 11.2. The van der Waals surface area contributed by atoms with Crippen LogP contribution in [0.15, 0.2) is 97.2 Å². The van der Waals surface area contributed by atoms with Gasteiger partial charge in [-0.3, -0.25) is 0 Å². The maximum Gasteiger partial charge on any atom is 0.322 e. The molecule has 3 aromatic carbocycles. The molecule has 0 aliphatic heterocycles. The van der Waals surface area contributed by atoms with Crippen molar-refractivity contribution in [2.45, 2.75) is 26.6 Å². The number of para-hydroxylation sites is 2. The van der Waals surface area contributed by atoms with Gasteiger partial charge in [-0.2, -0.15) is 0 Å². The van der Waals surface area contributed by atoms with Gasteiger partial charge in [0.1, 0.15) is 11.6 Å². The van der Waals surface area contributed by atoms with Gasteiger partial charge in [-0.15, -0.1) is 0 Å². The molecule has 0 aliphatic carbocycles. The molecule has 0 saturated heterocycles. The normalized spacial score (nSPS) is 10.6. The minimum atomic E-state index is -0.260. The van der Waals surface area contributed by atoms with E-state index in [1.165, 1.54) is 12.1 Å². The van der Waals surface area contributed by atoms with E-state index in [1.54, 1.807) is 11.0 Å². The summed E-state index contributed by atoms with van der Waals surface area (Å²) in [5, 5.41) is 3.01. The zero-order valence-corrected chi connectivity index (χ0v) is 19.2. The third-order valence-corrected chi connectivity index (χ3v) is 5.45. The van der Waals surface area contributed by atoms with Crippen LogP contribution >= 0.6 is 0 Å². The number of ether oxygens (including phenoxy) is 1. The highest BCUT2D eigenvalue weighted by molar-refractivity contribution is 5.91. The molecule has 2 amide bonds. The van der Waals surface area contributed by atoms with E-state index < -0.39 is 0 Å². The van der Waals surface area contributed by atoms with E-state index in [4.69, 9.17) is 4.74 Å². The first-order valence-corrected chi connectivity index (χ1v) is 11.3. The molecule has 6 heteroatoms. The number of halogens is 1. The fourth-order valence-electron chi connectivity index (χ4n) is 3.82. The molecule has 0 aliphatic rings. The summed E-state index contributed by atoms with van der Waals surface area (Å²) in [5.74, 6) is 0.372. The molecule has 174 valence electrons. The lowest BCUT2D eigenvalue weighted by Crippen LogP contribution is -2.34. The Morgan fingerprint density at radius 1 is 0.912 bits per heavy atom. The van der Waals surface area contributed by atoms with Crippen molar-refractivity contribution in [3.63, 3.8) is 0 Å². The van der Waals surface area contributed by atoms with Crippen LogP contribution in [0.2, 0.25) is 0 Å². The Labute approximate surface area is 199 Å². The predicted molar refractivity (Wildman–Crippen MR) is 132 cm³/mol. The highest BCUT2D eigenvalue weighted by atomic mass is 19.1. The van der Waals surface area contributed by atoms with Crippen LogP contribution in [0.5, 0.6) is 5.75 Å². The van der Waals surface area contributed by atoms with Crippen molar-refractivity contribution in [3.05, 3.63) is 120 Å². The zero-order chi connectivity index (χ0) is 23.8. The highest BCUT2D eigenvalue weighted by Crippen LogP contribution is 2.25. The molecule has 1 aromatic heterocycles. The van der Waals surface area contributed by atoms with E-state index in [0.29, 0.717) is 37.7 Å². The summed E-state index contributed by atoms with van der Waals surface area (Å²) >= 11 is 0. The Hall–Kier alpha value is -4.06. The lowest BCUT2D eigenvalue weighted by Gasteiger charge is -2.25. The molecule has 5 nitrogen and oxygen atoms in total. The third kappa shape index (κ3) is 6.04. The second-order valence-electron chi connectivity index (χ2n) is 7.96. The molecule has 0 bridgehead atoms. The summed E-state index contributed by atoms with van der Waals surface area (Å²) in [4.78, 5) is 15.2. The van der Waals surface area contributed by atoms with Crippen molar-refractivity contribution in [1.29, 1.82) is 0 Å². The van der Waals surface area contributed by atoms with E-state index in [-0.39, 0.29) is 11.8 Å². The van der Waals surface area contributed by atoms with E-state index in [2.05, 4.69) is 5.32 Å². The summed E-state index contributed by atoms with van der Waals surface area (Å²) in [7, 11) is 0. The minimum absolute atomic E-state index is 0.227. The van der Waals surface area contributed by atoms with Crippen LogP contribution in [0, 0.1) is 5.82 Å². The Morgan fingerprint density at radius 2 is 1.68 bits per heavy atom. The van der Waals surface area contributed by atoms with Gasteiger partial charge in [0.05, 0.1) is 18.8 Å². The van der Waals surface area contributed by atoms with E-state index in [9.17, 15) is 9.18 Å². The summed E-state index contributed by atoms with van der Waals surface area (Å²) in [6.07, 6.45) is 1.95. The molecular formula is C28H28FN3O2. The summed E-state index contributed by atoms with van der Waals surface area (Å²) in [6.45, 7) is 3.77. The number of amides is 2.